The smallest absolute Gasteiger partial charge is 0.308 e. The summed E-state index contributed by atoms with van der Waals surface area (Å²) in [5.74, 6) is -0.750. The number of fused-ring (bicyclic) bond motifs is 2. The van der Waals surface area contributed by atoms with Crippen LogP contribution in [0.1, 0.15) is 32.6 Å². The second-order valence-electron chi connectivity index (χ2n) is 5.06. The van der Waals surface area contributed by atoms with Crippen molar-refractivity contribution in [2.24, 2.45) is 5.92 Å². The lowest BCUT2D eigenvalue weighted by Crippen LogP contribution is -2.39. The number of rotatable bonds is 5. The van der Waals surface area contributed by atoms with Crippen LogP contribution in [0.25, 0.3) is 0 Å². The van der Waals surface area contributed by atoms with Crippen molar-refractivity contribution in [3.05, 3.63) is 0 Å². The third-order valence-corrected chi connectivity index (χ3v) is 4.16. The van der Waals surface area contributed by atoms with Crippen LogP contribution >= 0.6 is 0 Å². The molecule has 0 aromatic carbocycles. The molecule has 1 N–H and O–H groups in total. The number of aliphatic carboxylic acids is 1. The van der Waals surface area contributed by atoms with Gasteiger partial charge in [-0.3, -0.25) is 9.69 Å². The Morgan fingerprint density at radius 1 is 1.56 bits per heavy atom. The maximum atomic E-state index is 11.1. The first-order chi connectivity index (χ1) is 7.65. The van der Waals surface area contributed by atoms with Gasteiger partial charge < -0.3 is 9.84 Å². The van der Waals surface area contributed by atoms with Crippen molar-refractivity contribution >= 4 is 5.97 Å². The number of hydrogen-bond acceptors (Lipinski definition) is 3. The van der Waals surface area contributed by atoms with Crippen molar-refractivity contribution in [2.45, 2.75) is 50.7 Å². The van der Waals surface area contributed by atoms with Crippen molar-refractivity contribution in [2.75, 3.05) is 13.7 Å². The fraction of sp³-hybridized carbons (Fsp3) is 0.917. The minimum absolute atomic E-state index is 0.135. The zero-order valence-corrected chi connectivity index (χ0v) is 10.1. The van der Waals surface area contributed by atoms with E-state index in [0.29, 0.717) is 12.1 Å². The molecule has 0 aromatic rings. The summed E-state index contributed by atoms with van der Waals surface area (Å²) in [5.41, 5.74) is 0. The van der Waals surface area contributed by atoms with E-state index < -0.39 is 5.97 Å². The second-order valence-corrected chi connectivity index (χ2v) is 5.06. The highest BCUT2D eigenvalue weighted by molar-refractivity contribution is 5.71. The van der Waals surface area contributed by atoms with Crippen LogP contribution < -0.4 is 0 Å². The summed E-state index contributed by atoms with van der Waals surface area (Å²) in [7, 11) is 1.71. The number of ether oxygens (including phenoxy) is 1. The van der Waals surface area contributed by atoms with Gasteiger partial charge in [-0.15, -0.1) is 0 Å². The van der Waals surface area contributed by atoms with Gasteiger partial charge >= 0.3 is 5.97 Å². The van der Waals surface area contributed by atoms with Crippen LogP contribution in [-0.2, 0) is 9.53 Å². The van der Waals surface area contributed by atoms with Gasteiger partial charge in [0.15, 0.2) is 0 Å². The topological polar surface area (TPSA) is 49.8 Å². The molecule has 2 aliphatic rings. The van der Waals surface area contributed by atoms with Crippen LogP contribution in [0.5, 0.6) is 0 Å². The average molecular weight is 227 g/mol. The molecular formula is C12H21NO3. The van der Waals surface area contributed by atoms with E-state index in [1.807, 2.05) is 0 Å². The first-order valence-corrected chi connectivity index (χ1v) is 6.14. The van der Waals surface area contributed by atoms with E-state index in [1.54, 1.807) is 7.11 Å². The molecule has 0 saturated carbocycles. The van der Waals surface area contributed by atoms with E-state index in [4.69, 9.17) is 9.84 Å². The van der Waals surface area contributed by atoms with Gasteiger partial charge in [-0.1, -0.05) is 0 Å². The summed E-state index contributed by atoms with van der Waals surface area (Å²) < 4.78 is 5.09. The van der Waals surface area contributed by atoms with E-state index in [9.17, 15) is 4.79 Å². The first kappa shape index (κ1) is 11.9. The van der Waals surface area contributed by atoms with Gasteiger partial charge in [0.1, 0.15) is 0 Å². The van der Waals surface area contributed by atoms with Crippen molar-refractivity contribution in [3.8, 4) is 0 Å². The van der Waals surface area contributed by atoms with Crippen LogP contribution in [0, 0.1) is 5.92 Å². The van der Waals surface area contributed by atoms with E-state index in [-0.39, 0.29) is 12.0 Å². The molecule has 0 amide bonds. The number of hydrogen-bond donors (Lipinski definition) is 1. The van der Waals surface area contributed by atoms with Crippen LogP contribution in [0.4, 0.5) is 0 Å². The maximum Gasteiger partial charge on any atom is 0.308 e. The second kappa shape index (κ2) is 4.72. The summed E-state index contributed by atoms with van der Waals surface area (Å²) in [6.07, 6.45) is 4.07. The summed E-state index contributed by atoms with van der Waals surface area (Å²) in [5, 5.41) is 9.16. The van der Waals surface area contributed by atoms with E-state index in [1.165, 1.54) is 6.42 Å². The van der Waals surface area contributed by atoms with Crippen LogP contribution in [0.2, 0.25) is 0 Å². The Labute approximate surface area is 96.6 Å². The Balaban J connectivity index is 1.98. The molecule has 2 bridgehead atoms. The molecule has 0 aromatic heterocycles. The number of carboxylic acids is 1. The highest BCUT2D eigenvalue weighted by Crippen LogP contribution is 2.43. The Morgan fingerprint density at radius 2 is 2.31 bits per heavy atom. The van der Waals surface area contributed by atoms with Crippen LogP contribution in [0.3, 0.4) is 0 Å². The zero-order chi connectivity index (χ0) is 11.7. The van der Waals surface area contributed by atoms with E-state index in [2.05, 4.69) is 11.8 Å². The van der Waals surface area contributed by atoms with Crippen LogP contribution in [0.15, 0.2) is 0 Å². The largest absolute Gasteiger partial charge is 0.481 e. The highest BCUT2D eigenvalue weighted by Gasteiger charge is 2.50. The lowest BCUT2D eigenvalue weighted by Gasteiger charge is -2.29. The predicted octanol–water partition coefficient (Wildman–Crippen LogP) is 1.35. The normalized spacial score (nSPS) is 35.5. The molecule has 2 aliphatic heterocycles. The number of methoxy groups -OCH3 is 1. The van der Waals surface area contributed by atoms with E-state index >= 15 is 0 Å². The van der Waals surface area contributed by atoms with Gasteiger partial charge in [0.05, 0.1) is 5.92 Å². The molecule has 4 heteroatoms. The fourth-order valence-corrected chi connectivity index (χ4v) is 3.42. The van der Waals surface area contributed by atoms with Crippen molar-refractivity contribution < 1.29 is 14.6 Å². The lowest BCUT2D eigenvalue weighted by molar-refractivity contribution is -0.142. The van der Waals surface area contributed by atoms with E-state index in [0.717, 1.165) is 25.9 Å². The zero-order valence-electron chi connectivity index (χ0n) is 10.1. The molecule has 2 rings (SSSR count). The van der Waals surface area contributed by atoms with Crippen molar-refractivity contribution in [3.63, 3.8) is 0 Å². The number of nitrogens with zero attached hydrogens (tertiary/aromatic N) is 1. The van der Waals surface area contributed by atoms with Gasteiger partial charge in [-0.05, 0) is 32.6 Å². The summed E-state index contributed by atoms with van der Waals surface area (Å²) in [6.45, 7) is 2.95. The highest BCUT2D eigenvalue weighted by atomic mass is 16.5. The third-order valence-electron chi connectivity index (χ3n) is 4.16. The Kier molecular flexibility index (Phi) is 3.50. The van der Waals surface area contributed by atoms with Gasteiger partial charge in [-0.25, -0.2) is 0 Å². The third kappa shape index (κ3) is 1.96. The maximum absolute atomic E-state index is 11.1. The predicted molar refractivity (Wildman–Crippen MR) is 60.3 cm³/mol. The summed E-state index contributed by atoms with van der Waals surface area (Å²) >= 11 is 0. The quantitative estimate of drug-likeness (QED) is 0.770. The molecule has 2 fully saturated rings. The first-order valence-electron chi connectivity index (χ1n) is 6.14. The Bertz CT molecular complexity index is 269. The molecule has 0 radical (unpaired) electrons. The number of carboxylic acid groups (broad SMARTS) is 1. The molecular weight excluding hydrogens is 206 g/mol. The molecule has 16 heavy (non-hydrogen) atoms. The summed E-state index contributed by atoms with van der Waals surface area (Å²) in [4.78, 5) is 13.6. The van der Waals surface area contributed by atoms with Gasteiger partial charge in [-0.2, -0.15) is 0 Å². The van der Waals surface area contributed by atoms with Gasteiger partial charge in [0, 0.05) is 31.8 Å². The Morgan fingerprint density at radius 3 is 2.88 bits per heavy atom. The monoisotopic (exact) mass is 227 g/mol. The molecule has 4 atom stereocenters. The summed E-state index contributed by atoms with van der Waals surface area (Å²) in [6, 6.07) is 1.22. The molecule has 0 spiro atoms. The van der Waals surface area contributed by atoms with Crippen molar-refractivity contribution in [1.29, 1.82) is 0 Å². The van der Waals surface area contributed by atoms with Crippen LogP contribution in [-0.4, -0.2) is 47.8 Å². The minimum atomic E-state index is -0.615. The molecule has 0 aliphatic carbocycles. The molecule has 2 saturated heterocycles. The molecule has 4 nitrogen and oxygen atoms in total. The standard InChI is InChI=1S/C12H21NO3/c1-8(5-6-16-2)13-9-3-4-11(13)10(7-9)12(14)15/h8-11H,3-7H2,1-2H3,(H,14,15). The van der Waals surface area contributed by atoms with Crippen molar-refractivity contribution in [1.82, 2.24) is 4.90 Å². The fourth-order valence-electron chi connectivity index (χ4n) is 3.42. The average Bonchev–Trinajstić information content (AvgIpc) is 2.82. The molecule has 4 unspecified atom stereocenters. The lowest BCUT2D eigenvalue weighted by atomic mass is 9.89. The SMILES string of the molecule is COCCC(C)N1C2CCC1C(C(=O)O)C2. The number of carbonyl (C=O) groups is 1. The Hall–Kier alpha value is -0.610. The van der Waals surface area contributed by atoms with Gasteiger partial charge in [0.2, 0.25) is 0 Å². The molecule has 92 valence electrons. The molecule has 2 heterocycles. The minimum Gasteiger partial charge on any atom is -0.481 e. The van der Waals surface area contributed by atoms with Gasteiger partial charge in [0.25, 0.3) is 0 Å².